The van der Waals surface area contributed by atoms with Gasteiger partial charge in [0.25, 0.3) is 0 Å². The lowest BCUT2D eigenvalue weighted by atomic mass is 10.2. The number of rotatable bonds is 5. The fraction of sp³-hybridized carbons (Fsp3) is 0.600. The largest absolute Gasteiger partial charge is 0.339 e. The highest BCUT2D eigenvalue weighted by atomic mass is 16.2. The molecule has 1 aromatic heterocycles. The van der Waals surface area contributed by atoms with Crippen molar-refractivity contribution in [3.8, 4) is 0 Å². The van der Waals surface area contributed by atoms with Gasteiger partial charge in [-0.3, -0.25) is 14.7 Å². The Morgan fingerprint density at radius 3 is 2.84 bits per heavy atom. The van der Waals surface area contributed by atoms with Gasteiger partial charge >= 0.3 is 0 Å². The van der Waals surface area contributed by atoms with Crippen molar-refractivity contribution in [2.24, 2.45) is 0 Å². The lowest BCUT2D eigenvalue weighted by molar-refractivity contribution is -0.133. The van der Waals surface area contributed by atoms with Crippen molar-refractivity contribution in [3.63, 3.8) is 0 Å². The smallest absolute Gasteiger partial charge is 0.240 e. The number of amides is 1. The van der Waals surface area contributed by atoms with Gasteiger partial charge in [-0.15, -0.1) is 0 Å². The van der Waals surface area contributed by atoms with E-state index in [4.69, 9.17) is 0 Å². The normalized spacial score (nSPS) is 19.7. The molecule has 0 aromatic carbocycles. The number of aromatic nitrogens is 1. The number of likely N-dealkylation sites (tertiary alicyclic amines) is 1. The Bertz CT molecular complexity index is 419. The lowest BCUT2D eigenvalue weighted by Crippen LogP contribution is -2.42. The van der Waals surface area contributed by atoms with Crippen LogP contribution in [0.3, 0.4) is 0 Å². The van der Waals surface area contributed by atoms with Crippen LogP contribution in [-0.4, -0.2) is 52.9 Å². The Labute approximate surface area is 115 Å². The molecule has 1 unspecified atom stereocenters. The molecule has 0 N–H and O–H groups in total. The number of hydrogen-bond acceptors (Lipinski definition) is 3. The molecule has 1 aliphatic rings. The quantitative estimate of drug-likeness (QED) is 0.807. The van der Waals surface area contributed by atoms with E-state index in [-0.39, 0.29) is 11.9 Å². The molecule has 0 bridgehead atoms. The summed E-state index contributed by atoms with van der Waals surface area (Å²) in [5, 5.41) is 0. The maximum Gasteiger partial charge on any atom is 0.240 e. The van der Waals surface area contributed by atoms with Crippen molar-refractivity contribution in [2.45, 2.75) is 38.8 Å². The highest BCUT2D eigenvalue weighted by Gasteiger charge is 2.35. The third kappa shape index (κ3) is 3.32. The van der Waals surface area contributed by atoms with E-state index >= 15 is 0 Å². The SMILES string of the molecule is CC(C)N1CCC(N(C)CCc2ccccn2)C1=O. The fourth-order valence-electron chi connectivity index (χ4n) is 2.60. The molecule has 0 aliphatic carbocycles. The molecule has 0 radical (unpaired) electrons. The van der Waals surface area contributed by atoms with Gasteiger partial charge in [0.05, 0.1) is 6.04 Å². The van der Waals surface area contributed by atoms with Crippen molar-refractivity contribution in [1.29, 1.82) is 0 Å². The Morgan fingerprint density at radius 1 is 1.47 bits per heavy atom. The van der Waals surface area contributed by atoms with Gasteiger partial charge in [0.1, 0.15) is 0 Å². The molecule has 1 aromatic rings. The average Bonchev–Trinajstić information content (AvgIpc) is 2.79. The van der Waals surface area contributed by atoms with Gasteiger partial charge in [-0.2, -0.15) is 0 Å². The minimum absolute atomic E-state index is 0.0473. The molecular formula is C15H23N3O. The van der Waals surface area contributed by atoms with E-state index in [2.05, 4.69) is 23.7 Å². The highest BCUT2D eigenvalue weighted by molar-refractivity contribution is 5.84. The lowest BCUT2D eigenvalue weighted by Gasteiger charge is -2.25. The summed E-state index contributed by atoms with van der Waals surface area (Å²) in [5.74, 6) is 0.276. The maximum atomic E-state index is 12.3. The summed E-state index contributed by atoms with van der Waals surface area (Å²) in [6.07, 6.45) is 3.65. The Balaban J connectivity index is 1.87. The molecule has 1 fully saturated rings. The van der Waals surface area contributed by atoms with Crippen molar-refractivity contribution < 1.29 is 4.79 Å². The third-order valence-electron chi connectivity index (χ3n) is 3.81. The van der Waals surface area contributed by atoms with Crippen LogP contribution in [0.5, 0.6) is 0 Å². The van der Waals surface area contributed by atoms with Gasteiger partial charge in [-0.05, 0) is 39.4 Å². The maximum absolute atomic E-state index is 12.3. The number of nitrogens with zero attached hydrogens (tertiary/aromatic N) is 3. The first kappa shape index (κ1) is 14.0. The fourth-order valence-corrected chi connectivity index (χ4v) is 2.60. The second-order valence-electron chi connectivity index (χ2n) is 5.48. The third-order valence-corrected chi connectivity index (χ3v) is 3.81. The second-order valence-corrected chi connectivity index (χ2v) is 5.48. The first-order valence-corrected chi connectivity index (χ1v) is 7.00. The van der Waals surface area contributed by atoms with Gasteiger partial charge in [0, 0.05) is 37.4 Å². The van der Waals surface area contributed by atoms with Crippen LogP contribution in [0.25, 0.3) is 0 Å². The van der Waals surface area contributed by atoms with E-state index in [1.807, 2.05) is 36.3 Å². The Hall–Kier alpha value is -1.42. The minimum Gasteiger partial charge on any atom is -0.339 e. The van der Waals surface area contributed by atoms with Gasteiger partial charge in [0.15, 0.2) is 0 Å². The minimum atomic E-state index is 0.0473. The van der Waals surface area contributed by atoms with Crippen LogP contribution in [0.2, 0.25) is 0 Å². The van der Waals surface area contributed by atoms with E-state index in [0.29, 0.717) is 6.04 Å². The molecule has 1 atom stereocenters. The van der Waals surface area contributed by atoms with E-state index in [1.165, 1.54) is 0 Å². The van der Waals surface area contributed by atoms with E-state index in [0.717, 1.165) is 31.6 Å². The van der Waals surface area contributed by atoms with Crippen molar-refractivity contribution >= 4 is 5.91 Å². The molecule has 4 heteroatoms. The molecule has 19 heavy (non-hydrogen) atoms. The zero-order chi connectivity index (χ0) is 13.8. The summed E-state index contributed by atoms with van der Waals surface area (Å²) < 4.78 is 0. The summed E-state index contributed by atoms with van der Waals surface area (Å²) in [6, 6.07) is 6.32. The molecule has 2 heterocycles. The Morgan fingerprint density at radius 2 is 2.26 bits per heavy atom. The number of likely N-dealkylation sites (N-methyl/N-ethyl adjacent to an activating group) is 1. The summed E-state index contributed by atoms with van der Waals surface area (Å²) in [7, 11) is 2.04. The molecule has 1 aliphatic heterocycles. The second kappa shape index (κ2) is 6.15. The van der Waals surface area contributed by atoms with Crippen LogP contribution in [-0.2, 0) is 11.2 Å². The standard InChI is InChI=1S/C15H23N3O/c1-12(2)18-11-8-14(15(18)19)17(3)10-7-13-6-4-5-9-16-13/h4-6,9,12,14H,7-8,10-11H2,1-3H3. The molecule has 2 rings (SSSR count). The first-order valence-electron chi connectivity index (χ1n) is 7.00. The van der Waals surface area contributed by atoms with Gasteiger partial charge < -0.3 is 4.90 Å². The molecule has 0 saturated carbocycles. The van der Waals surface area contributed by atoms with Crippen molar-refractivity contribution in [1.82, 2.24) is 14.8 Å². The average molecular weight is 261 g/mol. The van der Waals surface area contributed by atoms with Crippen molar-refractivity contribution in [2.75, 3.05) is 20.1 Å². The van der Waals surface area contributed by atoms with Crippen LogP contribution in [0.1, 0.15) is 26.0 Å². The predicted molar refractivity (Wildman–Crippen MR) is 75.8 cm³/mol. The topological polar surface area (TPSA) is 36.4 Å². The molecule has 0 spiro atoms. The van der Waals surface area contributed by atoms with Gasteiger partial charge in [0.2, 0.25) is 5.91 Å². The number of carbonyl (C=O) groups is 1. The van der Waals surface area contributed by atoms with Crippen LogP contribution in [0.15, 0.2) is 24.4 Å². The molecule has 1 saturated heterocycles. The van der Waals surface area contributed by atoms with E-state index in [9.17, 15) is 4.79 Å². The molecular weight excluding hydrogens is 238 g/mol. The van der Waals surface area contributed by atoms with E-state index in [1.54, 1.807) is 0 Å². The van der Waals surface area contributed by atoms with E-state index < -0.39 is 0 Å². The Kier molecular flexibility index (Phi) is 4.53. The monoisotopic (exact) mass is 261 g/mol. The van der Waals surface area contributed by atoms with Crippen molar-refractivity contribution in [3.05, 3.63) is 30.1 Å². The summed E-state index contributed by atoms with van der Waals surface area (Å²) in [4.78, 5) is 20.7. The summed E-state index contributed by atoms with van der Waals surface area (Å²) in [5.41, 5.74) is 1.08. The summed E-state index contributed by atoms with van der Waals surface area (Å²) >= 11 is 0. The number of carbonyl (C=O) groups excluding carboxylic acids is 1. The first-order chi connectivity index (χ1) is 9.09. The van der Waals surface area contributed by atoms with Gasteiger partial charge in [-0.25, -0.2) is 0 Å². The summed E-state index contributed by atoms with van der Waals surface area (Å²) in [6.45, 7) is 5.91. The van der Waals surface area contributed by atoms with Crippen LogP contribution in [0, 0.1) is 0 Å². The zero-order valence-electron chi connectivity index (χ0n) is 12.0. The molecule has 4 nitrogen and oxygen atoms in total. The number of hydrogen-bond donors (Lipinski definition) is 0. The number of pyridine rings is 1. The van der Waals surface area contributed by atoms with Crippen LogP contribution in [0.4, 0.5) is 0 Å². The van der Waals surface area contributed by atoms with Crippen LogP contribution < -0.4 is 0 Å². The molecule has 104 valence electrons. The predicted octanol–water partition coefficient (Wildman–Crippen LogP) is 1.57. The molecule has 1 amide bonds. The highest BCUT2D eigenvalue weighted by Crippen LogP contribution is 2.18. The zero-order valence-corrected chi connectivity index (χ0v) is 12.0. The van der Waals surface area contributed by atoms with Crippen LogP contribution >= 0.6 is 0 Å². The van der Waals surface area contributed by atoms with Gasteiger partial charge in [-0.1, -0.05) is 6.07 Å².